The van der Waals surface area contributed by atoms with Crippen LogP contribution in [-0.2, 0) is 4.79 Å². The van der Waals surface area contributed by atoms with Gasteiger partial charge in [0.15, 0.2) is 0 Å². The summed E-state index contributed by atoms with van der Waals surface area (Å²) in [5, 5.41) is 14.6. The first-order chi connectivity index (χ1) is 8.58. The third-order valence-corrected chi connectivity index (χ3v) is 2.91. The normalized spacial score (nSPS) is 19.1. The molecule has 1 aliphatic rings. The molecule has 6 nitrogen and oxygen atoms in total. The Balaban J connectivity index is 2.14. The maximum absolute atomic E-state index is 11.6. The lowest BCUT2D eigenvalue weighted by Gasteiger charge is -2.24. The fourth-order valence-corrected chi connectivity index (χ4v) is 1.92. The van der Waals surface area contributed by atoms with E-state index in [1.54, 1.807) is 6.07 Å². The number of nitrogens with one attached hydrogen (secondary N) is 2. The summed E-state index contributed by atoms with van der Waals surface area (Å²) in [5.41, 5.74) is 6.81. The lowest BCUT2D eigenvalue weighted by atomic mass is 10.1. The predicted octanol–water partition coefficient (Wildman–Crippen LogP) is 0.657. The molecule has 2 rings (SSSR count). The van der Waals surface area contributed by atoms with Crippen molar-refractivity contribution < 1.29 is 14.7 Å². The SMILES string of the molecule is Nc1cc(C(=O)O)ccc1NC1CCCNC1=O. The van der Waals surface area contributed by atoms with Crippen molar-refractivity contribution in [2.45, 2.75) is 18.9 Å². The number of carbonyl (C=O) groups is 2. The minimum Gasteiger partial charge on any atom is -0.478 e. The number of nitrogens with two attached hydrogens (primary N) is 1. The highest BCUT2D eigenvalue weighted by molar-refractivity contribution is 5.91. The van der Waals surface area contributed by atoms with Crippen molar-refractivity contribution in [2.24, 2.45) is 0 Å². The van der Waals surface area contributed by atoms with Crippen molar-refractivity contribution in [3.63, 3.8) is 0 Å². The second-order valence-corrected chi connectivity index (χ2v) is 4.24. The Bertz CT molecular complexity index is 487. The van der Waals surface area contributed by atoms with E-state index in [9.17, 15) is 9.59 Å². The number of carboxylic acids is 1. The second kappa shape index (κ2) is 4.95. The molecule has 1 saturated heterocycles. The molecule has 1 aromatic carbocycles. The molecule has 1 unspecified atom stereocenters. The lowest BCUT2D eigenvalue weighted by Crippen LogP contribution is -2.44. The van der Waals surface area contributed by atoms with Crippen molar-refractivity contribution in [2.75, 3.05) is 17.6 Å². The number of anilines is 2. The Morgan fingerprint density at radius 1 is 1.50 bits per heavy atom. The Kier molecular flexibility index (Phi) is 3.36. The van der Waals surface area contributed by atoms with Gasteiger partial charge in [0.2, 0.25) is 5.91 Å². The number of hydrogen-bond acceptors (Lipinski definition) is 4. The molecule has 0 saturated carbocycles. The minimum absolute atomic E-state index is 0.0528. The van der Waals surface area contributed by atoms with E-state index in [1.165, 1.54) is 12.1 Å². The lowest BCUT2D eigenvalue weighted by molar-refractivity contribution is -0.123. The smallest absolute Gasteiger partial charge is 0.335 e. The number of carbonyl (C=O) groups excluding carboxylic acids is 1. The van der Waals surface area contributed by atoms with Crippen LogP contribution in [0.15, 0.2) is 18.2 Å². The quantitative estimate of drug-likeness (QED) is 0.589. The van der Waals surface area contributed by atoms with Gasteiger partial charge in [-0.3, -0.25) is 4.79 Å². The van der Waals surface area contributed by atoms with E-state index < -0.39 is 5.97 Å². The summed E-state index contributed by atoms with van der Waals surface area (Å²) >= 11 is 0. The van der Waals surface area contributed by atoms with Crippen LogP contribution in [0.3, 0.4) is 0 Å². The Morgan fingerprint density at radius 2 is 2.28 bits per heavy atom. The highest BCUT2D eigenvalue weighted by Gasteiger charge is 2.22. The largest absolute Gasteiger partial charge is 0.478 e. The molecular formula is C12H15N3O3. The first kappa shape index (κ1) is 12.2. The molecule has 1 heterocycles. The van der Waals surface area contributed by atoms with Crippen LogP contribution in [0.2, 0.25) is 0 Å². The van der Waals surface area contributed by atoms with Gasteiger partial charge in [0, 0.05) is 6.54 Å². The van der Waals surface area contributed by atoms with E-state index in [1.807, 2.05) is 0 Å². The second-order valence-electron chi connectivity index (χ2n) is 4.24. The zero-order chi connectivity index (χ0) is 13.1. The third kappa shape index (κ3) is 2.53. The number of rotatable bonds is 3. The highest BCUT2D eigenvalue weighted by Crippen LogP contribution is 2.22. The number of nitrogen functional groups attached to an aromatic ring is 1. The summed E-state index contributed by atoms with van der Waals surface area (Å²) in [4.78, 5) is 22.3. The van der Waals surface area contributed by atoms with Crippen LogP contribution in [0.25, 0.3) is 0 Å². The van der Waals surface area contributed by atoms with Crippen LogP contribution in [0, 0.1) is 0 Å². The van der Waals surface area contributed by atoms with E-state index in [0.717, 1.165) is 12.8 Å². The van der Waals surface area contributed by atoms with Crippen molar-refractivity contribution in [1.82, 2.24) is 5.32 Å². The molecule has 0 bridgehead atoms. The van der Waals surface area contributed by atoms with Crippen LogP contribution >= 0.6 is 0 Å². The first-order valence-electron chi connectivity index (χ1n) is 5.75. The first-order valence-corrected chi connectivity index (χ1v) is 5.75. The topological polar surface area (TPSA) is 104 Å². The van der Waals surface area contributed by atoms with Gasteiger partial charge >= 0.3 is 5.97 Å². The Hall–Kier alpha value is -2.24. The van der Waals surface area contributed by atoms with Gasteiger partial charge in [0.05, 0.1) is 16.9 Å². The van der Waals surface area contributed by atoms with Gasteiger partial charge in [0.1, 0.15) is 6.04 Å². The van der Waals surface area contributed by atoms with E-state index in [0.29, 0.717) is 17.9 Å². The van der Waals surface area contributed by atoms with Gasteiger partial charge in [-0.05, 0) is 31.0 Å². The van der Waals surface area contributed by atoms with Crippen molar-refractivity contribution in [1.29, 1.82) is 0 Å². The van der Waals surface area contributed by atoms with Gasteiger partial charge in [0.25, 0.3) is 0 Å². The Morgan fingerprint density at radius 3 is 2.89 bits per heavy atom. The van der Waals surface area contributed by atoms with Crippen LogP contribution in [-0.4, -0.2) is 29.6 Å². The number of carboxylic acid groups (broad SMARTS) is 1. The van der Waals surface area contributed by atoms with Crippen molar-refractivity contribution >= 4 is 23.3 Å². The van der Waals surface area contributed by atoms with E-state index >= 15 is 0 Å². The number of benzene rings is 1. The average molecular weight is 249 g/mol. The summed E-state index contributed by atoms with van der Waals surface area (Å²) < 4.78 is 0. The molecule has 18 heavy (non-hydrogen) atoms. The fraction of sp³-hybridized carbons (Fsp3) is 0.333. The molecule has 0 aliphatic carbocycles. The standard InChI is InChI=1S/C12H15N3O3/c13-8-6-7(12(17)18)3-4-9(8)15-10-2-1-5-14-11(10)16/h3-4,6,10,15H,1-2,5,13H2,(H,14,16)(H,17,18). The maximum atomic E-state index is 11.6. The molecule has 0 radical (unpaired) electrons. The molecular weight excluding hydrogens is 234 g/mol. The summed E-state index contributed by atoms with van der Waals surface area (Å²) in [6, 6.07) is 4.12. The van der Waals surface area contributed by atoms with Crippen LogP contribution in [0.1, 0.15) is 23.2 Å². The summed E-state index contributed by atoms with van der Waals surface area (Å²) in [6.45, 7) is 0.699. The summed E-state index contributed by atoms with van der Waals surface area (Å²) in [6.07, 6.45) is 1.66. The zero-order valence-corrected chi connectivity index (χ0v) is 9.77. The molecule has 1 atom stereocenters. The Labute approximate surface area is 104 Å². The molecule has 1 aliphatic heterocycles. The molecule has 1 amide bonds. The van der Waals surface area contributed by atoms with Gasteiger partial charge < -0.3 is 21.5 Å². The van der Waals surface area contributed by atoms with E-state index in [-0.39, 0.29) is 17.5 Å². The van der Waals surface area contributed by atoms with Crippen molar-refractivity contribution in [3.8, 4) is 0 Å². The monoisotopic (exact) mass is 249 g/mol. The van der Waals surface area contributed by atoms with Crippen LogP contribution < -0.4 is 16.4 Å². The maximum Gasteiger partial charge on any atom is 0.335 e. The van der Waals surface area contributed by atoms with Gasteiger partial charge in [-0.25, -0.2) is 4.79 Å². The van der Waals surface area contributed by atoms with Crippen molar-refractivity contribution in [3.05, 3.63) is 23.8 Å². The minimum atomic E-state index is -1.02. The summed E-state index contributed by atoms with van der Waals surface area (Å²) in [7, 11) is 0. The van der Waals surface area contributed by atoms with Crippen LogP contribution in [0.5, 0.6) is 0 Å². The average Bonchev–Trinajstić information content (AvgIpc) is 2.34. The van der Waals surface area contributed by atoms with Gasteiger partial charge in [-0.2, -0.15) is 0 Å². The molecule has 1 fully saturated rings. The molecule has 6 heteroatoms. The van der Waals surface area contributed by atoms with Crippen LogP contribution in [0.4, 0.5) is 11.4 Å². The van der Waals surface area contributed by atoms with Gasteiger partial charge in [-0.15, -0.1) is 0 Å². The third-order valence-electron chi connectivity index (χ3n) is 2.91. The molecule has 1 aromatic rings. The number of piperidine rings is 1. The highest BCUT2D eigenvalue weighted by atomic mass is 16.4. The zero-order valence-electron chi connectivity index (χ0n) is 9.77. The predicted molar refractivity (Wildman–Crippen MR) is 67.5 cm³/mol. The number of aromatic carboxylic acids is 1. The molecule has 5 N–H and O–H groups in total. The van der Waals surface area contributed by atoms with E-state index in [2.05, 4.69) is 10.6 Å². The number of amides is 1. The van der Waals surface area contributed by atoms with E-state index in [4.69, 9.17) is 10.8 Å². The number of hydrogen-bond donors (Lipinski definition) is 4. The molecule has 0 spiro atoms. The molecule has 96 valence electrons. The van der Waals surface area contributed by atoms with Gasteiger partial charge in [-0.1, -0.05) is 0 Å². The molecule has 0 aromatic heterocycles. The summed E-state index contributed by atoms with van der Waals surface area (Å²) in [5.74, 6) is -1.08. The fourth-order valence-electron chi connectivity index (χ4n) is 1.92.